The highest BCUT2D eigenvalue weighted by atomic mass is 32.1. The predicted molar refractivity (Wildman–Crippen MR) is 54.3 cm³/mol. The average Bonchev–Trinajstić information content (AvgIpc) is 2.60. The number of aliphatic hydroxyl groups excluding tert-OH is 1. The molecule has 0 aliphatic heterocycles. The molecule has 0 amide bonds. The molecule has 1 aromatic carbocycles. The first-order chi connectivity index (χ1) is 6.36. The molecule has 0 bridgehead atoms. The molecule has 0 aliphatic carbocycles. The SMILES string of the molecule is COc1cccc2scc(CO)c12. The van der Waals surface area contributed by atoms with E-state index in [2.05, 4.69) is 0 Å². The summed E-state index contributed by atoms with van der Waals surface area (Å²) in [6, 6.07) is 5.90. The van der Waals surface area contributed by atoms with Crippen molar-refractivity contribution in [3.63, 3.8) is 0 Å². The van der Waals surface area contributed by atoms with Gasteiger partial charge in [0.2, 0.25) is 0 Å². The first kappa shape index (κ1) is 8.53. The topological polar surface area (TPSA) is 29.5 Å². The predicted octanol–water partition coefficient (Wildman–Crippen LogP) is 2.40. The van der Waals surface area contributed by atoms with Crippen molar-refractivity contribution in [2.24, 2.45) is 0 Å². The molecule has 1 heterocycles. The van der Waals surface area contributed by atoms with Gasteiger partial charge in [0.05, 0.1) is 13.7 Å². The molecule has 0 saturated carbocycles. The van der Waals surface area contributed by atoms with Crippen LogP contribution in [-0.2, 0) is 6.61 Å². The fourth-order valence-corrected chi connectivity index (χ4v) is 2.37. The minimum atomic E-state index is 0.0698. The van der Waals surface area contributed by atoms with E-state index >= 15 is 0 Å². The lowest BCUT2D eigenvalue weighted by atomic mass is 10.2. The van der Waals surface area contributed by atoms with Gasteiger partial charge in [-0.05, 0) is 23.1 Å². The number of hydrogen-bond donors (Lipinski definition) is 1. The third kappa shape index (κ3) is 1.30. The van der Waals surface area contributed by atoms with Gasteiger partial charge in [0.15, 0.2) is 0 Å². The number of fused-ring (bicyclic) bond motifs is 1. The van der Waals surface area contributed by atoms with Gasteiger partial charge in [-0.1, -0.05) is 6.07 Å². The third-order valence-corrected chi connectivity index (χ3v) is 3.02. The van der Waals surface area contributed by atoms with Crippen molar-refractivity contribution < 1.29 is 9.84 Å². The number of ether oxygens (including phenoxy) is 1. The highest BCUT2D eigenvalue weighted by Crippen LogP contribution is 2.33. The zero-order chi connectivity index (χ0) is 9.26. The first-order valence-corrected chi connectivity index (χ1v) is 4.88. The van der Waals surface area contributed by atoms with E-state index in [4.69, 9.17) is 9.84 Å². The Hall–Kier alpha value is -1.06. The molecule has 0 saturated heterocycles. The fourth-order valence-electron chi connectivity index (χ4n) is 1.41. The second-order valence-corrected chi connectivity index (χ2v) is 3.66. The first-order valence-electron chi connectivity index (χ1n) is 4.00. The Morgan fingerprint density at radius 1 is 1.46 bits per heavy atom. The summed E-state index contributed by atoms with van der Waals surface area (Å²) in [4.78, 5) is 0. The van der Waals surface area contributed by atoms with E-state index < -0.39 is 0 Å². The van der Waals surface area contributed by atoms with E-state index in [-0.39, 0.29) is 6.61 Å². The minimum Gasteiger partial charge on any atom is -0.496 e. The van der Waals surface area contributed by atoms with E-state index in [9.17, 15) is 0 Å². The Balaban J connectivity index is 2.76. The molecule has 1 aromatic heterocycles. The van der Waals surface area contributed by atoms with Crippen LogP contribution in [0, 0.1) is 0 Å². The number of aliphatic hydroxyl groups is 1. The van der Waals surface area contributed by atoms with Crippen LogP contribution in [0.25, 0.3) is 10.1 Å². The molecule has 0 fully saturated rings. The zero-order valence-corrected chi connectivity index (χ0v) is 8.10. The lowest BCUT2D eigenvalue weighted by Crippen LogP contribution is -1.86. The second kappa shape index (κ2) is 3.36. The maximum atomic E-state index is 9.10. The van der Waals surface area contributed by atoms with Crippen molar-refractivity contribution in [2.75, 3.05) is 7.11 Å². The molecule has 0 spiro atoms. The highest BCUT2D eigenvalue weighted by Gasteiger charge is 2.07. The number of thiophene rings is 1. The van der Waals surface area contributed by atoms with Crippen LogP contribution in [0.5, 0.6) is 5.75 Å². The fraction of sp³-hybridized carbons (Fsp3) is 0.200. The number of hydrogen-bond acceptors (Lipinski definition) is 3. The van der Waals surface area contributed by atoms with Gasteiger partial charge in [0, 0.05) is 10.1 Å². The van der Waals surface area contributed by atoms with Crippen LogP contribution in [0.3, 0.4) is 0 Å². The van der Waals surface area contributed by atoms with Crippen LogP contribution in [0.4, 0.5) is 0 Å². The van der Waals surface area contributed by atoms with Gasteiger partial charge < -0.3 is 9.84 Å². The summed E-state index contributed by atoms with van der Waals surface area (Å²) in [5.74, 6) is 0.836. The summed E-state index contributed by atoms with van der Waals surface area (Å²) in [6.45, 7) is 0.0698. The molecule has 13 heavy (non-hydrogen) atoms. The minimum absolute atomic E-state index is 0.0698. The van der Waals surface area contributed by atoms with Gasteiger partial charge in [-0.15, -0.1) is 11.3 Å². The van der Waals surface area contributed by atoms with Crippen LogP contribution in [0.15, 0.2) is 23.6 Å². The van der Waals surface area contributed by atoms with Crippen molar-refractivity contribution in [3.8, 4) is 5.75 Å². The smallest absolute Gasteiger partial charge is 0.127 e. The van der Waals surface area contributed by atoms with Gasteiger partial charge in [0.25, 0.3) is 0 Å². The van der Waals surface area contributed by atoms with Gasteiger partial charge in [-0.25, -0.2) is 0 Å². The largest absolute Gasteiger partial charge is 0.496 e. The standard InChI is InChI=1S/C10H10O2S/c1-12-8-3-2-4-9-10(8)7(5-11)6-13-9/h2-4,6,11H,5H2,1H3. The molecule has 2 aromatic rings. The van der Waals surface area contributed by atoms with E-state index in [0.717, 1.165) is 21.4 Å². The number of methoxy groups -OCH3 is 1. The van der Waals surface area contributed by atoms with Crippen molar-refractivity contribution in [2.45, 2.75) is 6.61 Å². The molecule has 0 unspecified atom stereocenters. The lowest BCUT2D eigenvalue weighted by Gasteiger charge is -2.02. The van der Waals surface area contributed by atoms with E-state index in [1.54, 1.807) is 18.4 Å². The quantitative estimate of drug-likeness (QED) is 0.795. The molecular weight excluding hydrogens is 184 g/mol. The van der Waals surface area contributed by atoms with E-state index in [1.807, 2.05) is 23.6 Å². The summed E-state index contributed by atoms with van der Waals surface area (Å²) in [5.41, 5.74) is 0.942. The maximum Gasteiger partial charge on any atom is 0.127 e. The Morgan fingerprint density at radius 2 is 2.31 bits per heavy atom. The van der Waals surface area contributed by atoms with Crippen LogP contribution >= 0.6 is 11.3 Å². The summed E-state index contributed by atoms with van der Waals surface area (Å²) in [6.07, 6.45) is 0. The summed E-state index contributed by atoms with van der Waals surface area (Å²) in [7, 11) is 1.65. The normalized spacial score (nSPS) is 10.6. The molecule has 68 valence electrons. The Labute approximate surface area is 80.4 Å². The molecule has 0 atom stereocenters. The van der Waals surface area contributed by atoms with Gasteiger partial charge in [-0.2, -0.15) is 0 Å². The highest BCUT2D eigenvalue weighted by molar-refractivity contribution is 7.17. The zero-order valence-electron chi connectivity index (χ0n) is 7.28. The van der Waals surface area contributed by atoms with E-state index in [0.29, 0.717) is 0 Å². The lowest BCUT2D eigenvalue weighted by molar-refractivity contribution is 0.283. The van der Waals surface area contributed by atoms with Gasteiger partial charge in [0.1, 0.15) is 5.75 Å². The second-order valence-electron chi connectivity index (χ2n) is 2.75. The molecule has 3 heteroatoms. The molecule has 1 N–H and O–H groups in total. The summed E-state index contributed by atoms with van der Waals surface area (Å²) in [5, 5.41) is 12.1. The van der Waals surface area contributed by atoms with Crippen LogP contribution in [-0.4, -0.2) is 12.2 Å². The average molecular weight is 194 g/mol. The Morgan fingerprint density at radius 3 is 3.00 bits per heavy atom. The molecule has 0 aliphatic rings. The van der Waals surface area contributed by atoms with Crippen molar-refractivity contribution in [1.82, 2.24) is 0 Å². The molecule has 2 nitrogen and oxygen atoms in total. The van der Waals surface area contributed by atoms with Crippen LogP contribution in [0.1, 0.15) is 5.56 Å². The molecular formula is C10H10O2S. The Bertz CT molecular complexity index is 420. The molecule has 2 rings (SSSR count). The third-order valence-electron chi connectivity index (χ3n) is 2.03. The van der Waals surface area contributed by atoms with Gasteiger partial charge in [-0.3, -0.25) is 0 Å². The van der Waals surface area contributed by atoms with Gasteiger partial charge >= 0.3 is 0 Å². The summed E-state index contributed by atoms with van der Waals surface area (Å²) < 4.78 is 6.38. The van der Waals surface area contributed by atoms with Crippen LogP contribution in [0.2, 0.25) is 0 Å². The van der Waals surface area contributed by atoms with E-state index in [1.165, 1.54) is 0 Å². The van der Waals surface area contributed by atoms with Crippen LogP contribution < -0.4 is 4.74 Å². The number of benzene rings is 1. The van der Waals surface area contributed by atoms with Crippen molar-refractivity contribution in [1.29, 1.82) is 0 Å². The maximum absolute atomic E-state index is 9.10. The van der Waals surface area contributed by atoms with Crippen molar-refractivity contribution in [3.05, 3.63) is 29.1 Å². The monoisotopic (exact) mass is 194 g/mol. The Kier molecular flexibility index (Phi) is 2.20. The molecule has 0 radical (unpaired) electrons. The van der Waals surface area contributed by atoms with Crippen molar-refractivity contribution >= 4 is 21.4 Å². The summed E-state index contributed by atoms with van der Waals surface area (Å²) >= 11 is 1.63. The number of rotatable bonds is 2.